The molecule has 3 aromatic carbocycles. The third-order valence-electron chi connectivity index (χ3n) is 5.10. The van der Waals surface area contributed by atoms with Crippen LogP contribution in [0.1, 0.15) is 34.6 Å². The lowest BCUT2D eigenvalue weighted by atomic mass is 10.0. The number of ether oxygens (including phenoxy) is 1. The SMILES string of the molecule is CC(C)COc1cccc(-c2cc(C(=O)Nc3ccc(C(N)=O)cc3)c3ccccc3n2)c1. The standard InChI is InChI=1S/C27H25N3O3/c1-17(2)16-33-21-7-5-6-19(14-21)25-15-23(22-8-3-4-9-24(22)30-25)27(32)29-20-12-10-18(11-13-20)26(28)31/h3-15,17H,16H2,1-2H3,(H2,28,31)(H,29,32). The quantitative estimate of drug-likeness (QED) is 0.409. The van der Waals surface area contributed by atoms with E-state index in [9.17, 15) is 9.59 Å². The zero-order chi connectivity index (χ0) is 23.4. The van der Waals surface area contributed by atoms with E-state index in [2.05, 4.69) is 19.2 Å². The van der Waals surface area contributed by atoms with Crippen LogP contribution in [0.4, 0.5) is 5.69 Å². The van der Waals surface area contributed by atoms with Crippen LogP contribution in [0.2, 0.25) is 0 Å². The first-order valence-corrected chi connectivity index (χ1v) is 10.7. The van der Waals surface area contributed by atoms with Crippen LogP contribution in [0.5, 0.6) is 5.75 Å². The molecule has 4 aromatic rings. The smallest absolute Gasteiger partial charge is 0.256 e. The maximum absolute atomic E-state index is 13.2. The van der Waals surface area contributed by atoms with Crippen molar-refractivity contribution >= 4 is 28.4 Å². The molecule has 0 fully saturated rings. The Balaban J connectivity index is 1.69. The number of fused-ring (bicyclic) bond motifs is 1. The number of carbonyl (C=O) groups is 2. The third kappa shape index (κ3) is 5.18. The van der Waals surface area contributed by atoms with Crippen molar-refractivity contribution < 1.29 is 14.3 Å². The summed E-state index contributed by atoms with van der Waals surface area (Å²) in [4.78, 5) is 29.3. The Morgan fingerprint density at radius 3 is 2.45 bits per heavy atom. The summed E-state index contributed by atoms with van der Waals surface area (Å²) in [5.41, 5.74) is 9.00. The lowest BCUT2D eigenvalue weighted by Gasteiger charge is -2.12. The molecule has 3 N–H and O–H groups in total. The van der Waals surface area contributed by atoms with E-state index >= 15 is 0 Å². The fraction of sp³-hybridized carbons (Fsp3) is 0.148. The van der Waals surface area contributed by atoms with Crippen LogP contribution in [0, 0.1) is 5.92 Å². The van der Waals surface area contributed by atoms with E-state index < -0.39 is 5.91 Å². The molecule has 0 atom stereocenters. The van der Waals surface area contributed by atoms with Gasteiger partial charge in [0.1, 0.15) is 5.75 Å². The highest BCUT2D eigenvalue weighted by Gasteiger charge is 2.15. The third-order valence-corrected chi connectivity index (χ3v) is 5.10. The van der Waals surface area contributed by atoms with Gasteiger partial charge >= 0.3 is 0 Å². The van der Waals surface area contributed by atoms with Crippen LogP contribution < -0.4 is 15.8 Å². The van der Waals surface area contributed by atoms with Gasteiger partial charge < -0.3 is 15.8 Å². The molecule has 0 aliphatic carbocycles. The van der Waals surface area contributed by atoms with E-state index in [-0.39, 0.29) is 5.91 Å². The second-order valence-electron chi connectivity index (χ2n) is 8.20. The molecule has 0 radical (unpaired) electrons. The van der Waals surface area contributed by atoms with Crippen LogP contribution in [0.25, 0.3) is 22.2 Å². The molecule has 0 saturated carbocycles. The van der Waals surface area contributed by atoms with Gasteiger partial charge in [0, 0.05) is 22.2 Å². The summed E-state index contributed by atoms with van der Waals surface area (Å²) < 4.78 is 5.86. The van der Waals surface area contributed by atoms with Crippen molar-refractivity contribution in [3.8, 4) is 17.0 Å². The second-order valence-corrected chi connectivity index (χ2v) is 8.20. The lowest BCUT2D eigenvalue weighted by Crippen LogP contribution is -2.14. The molecule has 0 aliphatic heterocycles. The van der Waals surface area contributed by atoms with Crippen LogP contribution >= 0.6 is 0 Å². The molecule has 1 aromatic heterocycles. The monoisotopic (exact) mass is 439 g/mol. The number of primary amides is 1. The first-order chi connectivity index (χ1) is 15.9. The number of amides is 2. The number of nitrogens with one attached hydrogen (secondary N) is 1. The Bertz CT molecular complexity index is 1310. The molecular weight excluding hydrogens is 414 g/mol. The van der Waals surface area contributed by atoms with Gasteiger partial charge in [0.2, 0.25) is 5.91 Å². The molecule has 0 spiro atoms. The minimum absolute atomic E-state index is 0.270. The number of nitrogens with two attached hydrogens (primary N) is 1. The molecule has 0 unspecified atom stereocenters. The van der Waals surface area contributed by atoms with Crippen molar-refractivity contribution in [3.05, 3.63) is 90.0 Å². The maximum atomic E-state index is 13.2. The molecule has 4 rings (SSSR count). The number of anilines is 1. The average Bonchev–Trinajstić information content (AvgIpc) is 2.82. The summed E-state index contributed by atoms with van der Waals surface area (Å²) in [5.74, 6) is 0.391. The van der Waals surface area contributed by atoms with E-state index in [1.54, 1.807) is 30.3 Å². The summed E-state index contributed by atoms with van der Waals surface area (Å²) in [6, 6.07) is 23.5. The molecule has 1 heterocycles. The Kier molecular flexibility index (Phi) is 6.36. The van der Waals surface area contributed by atoms with Gasteiger partial charge in [-0.1, -0.05) is 44.2 Å². The van der Waals surface area contributed by atoms with Crippen LogP contribution in [-0.4, -0.2) is 23.4 Å². The number of pyridine rings is 1. The summed E-state index contributed by atoms with van der Waals surface area (Å²) in [6.45, 7) is 4.82. The number of rotatable bonds is 7. The van der Waals surface area contributed by atoms with E-state index in [0.29, 0.717) is 35.0 Å². The fourth-order valence-corrected chi connectivity index (χ4v) is 3.44. The minimum Gasteiger partial charge on any atom is -0.493 e. The molecule has 166 valence electrons. The predicted octanol–water partition coefficient (Wildman–Crippen LogP) is 5.29. The van der Waals surface area contributed by atoms with E-state index in [4.69, 9.17) is 15.5 Å². The van der Waals surface area contributed by atoms with Gasteiger partial charge in [-0.25, -0.2) is 4.98 Å². The van der Waals surface area contributed by atoms with Crippen molar-refractivity contribution in [1.82, 2.24) is 4.98 Å². The van der Waals surface area contributed by atoms with Gasteiger partial charge in [0.15, 0.2) is 0 Å². The summed E-state index contributed by atoms with van der Waals surface area (Å²) in [6.07, 6.45) is 0. The molecule has 6 nitrogen and oxygen atoms in total. The second kappa shape index (κ2) is 9.53. The number of nitrogens with zero attached hydrogens (tertiary/aromatic N) is 1. The topological polar surface area (TPSA) is 94.3 Å². The van der Waals surface area contributed by atoms with Crippen molar-refractivity contribution in [2.75, 3.05) is 11.9 Å². The number of hydrogen-bond acceptors (Lipinski definition) is 4. The van der Waals surface area contributed by atoms with Crippen LogP contribution in [0.15, 0.2) is 78.9 Å². The Morgan fingerprint density at radius 2 is 1.73 bits per heavy atom. The number of hydrogen-bond donors (Lipinski definition) is 2. The zero-order valence-corrected chi connectivity index (χ0v) is 18.5. The van der Waals surface area contributed by atoms with Gasteiger partial charge in [0.05, 0.1) is 23.4 Å². The Labute approximate surface area is 192 Å². The lowest BCUT2D eigenvalue weighted by molar-refractivity contribution is 0.0998. The highest BCUT2D eigenvalue weighted by Crippen LogP contribution is 2.28. The van der Waals surface area contributed by atoms with Crippen molar-refractivity contribution in [3.63, 3.8) is 0 Å². The molecule has 33 heavy (non-hydrogen) atoms. The first-order valence-electron chi connectivity index (χ1n) is 10.7. The van der Waals surface area contributed by atoms with Crippen molar-refractivity contribution in [2.24, 2.45) is 11.7 Å². The van der Waals surface area contributed by atoms with Gasteiger partial charge in [-0.2, -0.15) is 0 Å². The average molecular weight is 440 g/mol. The molecule has 2 amide bonds. The van der Waals surface area contributed by atoms with Crippen LogP contribution in [-0.2, 0) is 0 Å². The summed E-state index contributed by atoms with van der Waals surface area (Å²) in [7, 11) is 0. The normalized spacial score (nSPS) is 10.9. The molecule has 6 heteroatoms. The van der Waals surface area contributed by atoms with Gasteiger partial charge in [-0.3, -0.25) is 9.59 Å². The fourth-order valence-electron chi connectivity index (χ4n) is 3.44. The number of aromatic nitrogens is 1. The number of para-hydroxylation sites is 1. The highest BCUT2D eigenvalue weighted by molar-refractivity contribution is 6.13. The predicted molar refractivity (Wildman–Crippen MR) is 130 cm³/mol. The van der Waals surface area contributed by atoms with Gasteiger partial charge in [-0.15, -0.1) is 0 Å². The largest absolute Gasteiger partial charge is 0.493 e. The Morgan fingerprint density at radius 1 is 0.970 bits per heavy atom. The van der Waals surface area contributed by atoms with Crippen molar-refractivity contribution in [2.45, 2.75) is 13.8 Å². The molecule has 0 bridgehead atoms. The maximum Gasteiger partial charge on any atom is 0.256 e. The highest BCUT2D eigenvalue weighted by atomic mass is 16.5. The first kappa shape index (κ1) is 22.0. The summed E-state index contributed by atoms with van der Waals surface area (Å²) >= 11 is 0. The van der Waals surface area contributed by atoms with E-state index in [1.165, 1.54) is 0 Å². The van der Waals surface area contributed by atoms with E-state index in [0.717, 1.165) is 22.2 Å². The number of benzene rings is 3. The van der Waals surface area contributed by atoms with Crippen molar-refractivity contribution in [1.29, 1.82) is 0 Å². The zero-order valence-electron chi connectivity index (χ0n) is 18.5. The molecule has 0 aliphatic rings. The molecule has 0 saturated heterocycles. The Hall–Kier alpha value is -4.19. The van der Waals surface area contributed by atoms with E-state index in [1.807, 2.05) is 48.5 Å². The minimum atomic E-state index is -0.516. The van der Waals surface area contributed by atoms with Gasteiger partial charge in [-0.05, 0) is 54.4 Å². The van der Waals surface area contributed by atoms with Gasteiger partial charge in [0.25, 0.3) is 5.91 Å². The number of carbonyl (C=O) groups excluding carboxylic acids is 2. The van der Waals surface area contributed by atoms with Crippen LogP contribution in [0.3, 0.4) is 0 Å². The summed E-state index contributed by atoms with van der Waals surface area (Å²) in [5, 5.41) is 3.65. The molecular formula is C27H25N3O3.